The van der Waals surface area contributed by atoms with Gasteiger partial charge >= 0.3 is 0 Å². The fourth-order valence-corrected chi connectivity index (χ4v) is 2.99. The van der Waals surface area contributed by atoms with E-state index in [0.29, 0.717) is 0 Å². The van der Waals surface area contributed by atoms with Crippen molar-refractivity contribution in [1.82, 2.24) is 10.3 Å². The Kier molecular flexibility index (Phi) is 5.14. The fourth-order valence-electron chi connectivity index (χ4n) is 1.93. The van der Waals surface area contributed by atoms with Gasteiger partial charge in [-0.05, 0) is 27.7 Å². The second kappa shape index (κ2) is 6.69. The van der Waals surface area contributed by atoms with Crippen LogP contribution in [-0.2, 0) is 11.3 Å². The number of ether oxygens (including phenoxy) is 1. The van der Waals surface area contributed by atoms with Crippen LogP contribution >= 0.6 is 11.3 Å². The molecule has 3 nitrogen and oxygen atoms in total. The van der Waals surface area contributed by atoms with Crippen LogP contribution in [0.1, 0.15) is 43.7 Å². The van der Waals surface area contributed by atoms with E-state index in [-0.39, 0.29) is 11.6 Å². The minimum Gasteiger partial charge on any atom is -0.375 e. The van der Waals surface area contributed by atoms with E-state index in [1.165, 1.54) is 4.88 Å². The number of methoxy groups -OCH3 is 1. The van der Waals surface area contributed by atoms with Gasteiger partial charge in [0.1, 0.15) is 11.1 Å². The molecule has 1 heterocycles. The monoisotopic (exact) mass is 304 g/mol. The normalized spacial score (nSPS) is 13.4. The first-order valence-electron chi connectivity index (χ1n) is 7.23. The van der Waals surface area contributed by atoms with Crippen molar-refractivity contribution in [2.24, 2.45) is 0 Å². The molecule has 2 aromatic rings. The van der Waals surface area contributed by atoms with Crippen LogP contribution in [0.3, 0.4) is 0 Å². The van der Waals surface area contributed by atoms with E-state index in [1.54, 1.807) is 18.4 Å². The van der Waals surface area contributed by atoms with Crippen molar-refractivity contribution < 1.29 is 4.74 Å². The zero-order valence-electron chi connectivity index (χ0n) is 13.4. The molecule has 0 bridgehead atoms. The number of thiazole rings is 1. The quantitative estimate of drug-likeness (QED) is 0.888. The predicted octanol–water partition coefficient (Wildman–Crippen LogP) is 4.41. The lowest BCUT2D eigenvalue weighted by molar-refractivity contribution is 0.119. The summed E-state index contributed by atoms with van der Waals surface area (Å²) in [6.45, 7) is 9.38. The predicted molar refractivity (Wildman–Crippen MR) is 89.6 cm³/mol. The molecule has 0 spiro atoms. The average molecular weight is 304 g/mol. The van der Waals surface area contributed by atoms with Crippen LogP contribution in [-0.4, -0.2) is 17.6 Å². The average Bonchev–Trinajstić information content (AvgIpc) is 2.89. The van der Waals surface area contributed by atoms with Crippen LogP contribution < -0.4 is 5.32 Å². The number of hydrogen-bond donors (Lipinski definition) is 1. The summed E-state index contributed by atoms with van der Waals surface area (Å²) in [6.07, 6.45) is 0.0286. The zero-order chi connectivity index (χ0) is 15.5. The third kappa shape index (κ3) is 4.37. The minimum atomic E-state index is 0.0286. The van der Waals surface area contributed by atoms with Crippen LogP contribution in [0, 0.1) is 0 Å². The molecular weight excluding hydrogens is 280 g/mol. The molecule has 0 fully saturated rings. The van der Waals surface area contributed by atoms with Gasteiger partial charge in [0.25, 0.3) is 0 Å². The van der Waals surface area contributed by atoms with Crippen molar-refractivity contribution in [1.29, 1.82) is 0 Å². The molecule has 114 valence electrons. The van der Waals surface area contributed by atoms with E-state index in [4.69, 9.17) is 9.72 Å². The summed E-state index contributed by atoms with van der Waals surface area (Å²) in [4.78, 5) is 6.06. The summed E-state index contributed by atoms with van der Waals surface area (Å²) in [6, 6.07) is 10.3. The van der Waals surface area contributed by atoms with E-state index >= 15 is 0 Å². The highest BCUT2D eigenvalue weighted by Crippen LogP contribution is 2.32. The fraction of sp³-hybridized carbons (Fsp3) is 0.471. The lowest BCUT2D eigenvalue weighted by Crippen LogP contribution is -2.34. The maximum atomic E-state index is 5.41. The third-order valence-corrected chi connectivity index (χ3v) is 4.46. The third-order valence-electron chi connectivity index (χ3n) is 3.24. The van der Waals surface area contributed by atoms with Crippen molar-refractivity contribution in [2.45, 2.75) is 45.9 Å². The standard InChI is InChI=1S/C17H24N2OS/c1-12(20-5)16-19-15(13-9-7-6-8-10-13)14(21-16)11-18-17(2,3)4/h6-10,12,18H,11H2,1-5H3. The Morgan fingerprint density at radius 3 is 2.48 bits per heavy atom. The molecular formula is C17H24N2OS. The minimum absolute atomic E-state index is 0.0286. The SMILES string of the molecule is COC(C)c1nc(-c2ccccc2)c(CNC(C)(C)C)s1. The number of nitrogens with zero attached hydrogens (tertiary/aromatic N) is 1. The van der Waals surface area contributed by atoms with Crippen LogP contribution in [0.2, 0.25) is 0 Å². The molecule has 0 aliphatic carbocycles. The van der Waals surface area contributed by atoms with E-state index in [1.807, 2.05) is 13.0 Å². The molecule has 0 aliphatic heterocycles. The smallest absolute Gasteiger partial charge is 0.122 e. The molecule has 4 heteroatoms. The Hall–Kier alpha value is -1.23. The maximum Gasteiger partial charge on any atom is 0.122 e. The summed E-state index contributed by atoms with van der Waals surface area (Å²) >= 11 is 1.73. The van der Waals surface area contributed by atoms with Crippen LogP contribution in [0.15, 0.2) is 30.3 Å². The van der Waals surface area contributed by atoms with E-state index in [2.05, 4.69) is 50.4 Å². The summed E-state index contributed by atoms with van der Waals surface area (Å²) in [5.41, 5.74) is 2.32. The van der Waals surface area contributed by atoms with Gasteiger partial charge in [-0.3, -0.25) is 0 Å². The Morgan fingerprint density at radius 2 is 1.90 bits per heavy atom. The van der Waals surface area contributed by atoms with E-state index in [9.17, 15) is 0 Å². The van der Waals surface area contributed by atoms with Gasteiger partial charge in [0.2, 0.25) is 0 Å². The van der Waals surface area contributed by atoms with Crippen LogP contribution in [0.25, 0.3) is 11.3 Å². The van der Waals surface area contributed by atoms with Gasteiger partial charge < -0.3 is 10.1 Å². The molecule has 0 radical (unpaired) electrons. The Bertz CT molecular complexity index is 572. The van der Waals surface area contributed by atoms with Gasteiger partial charge in [-0.2, -0.15) is 0 Å². The first-order chi connectivity index (χ1) is 9.90. The molecule has 0 saturated heterocycles. The number of hydrogen-bond acceptors (Lipinski definition) is 4. The Labute approximate surface area is 131 Å². The van der Waals surface area contributed by atoms with Gasteiger partial charge in [0.05, 0.1) is 5.69 Å². The van der Waals surface area contributed by atoms with Crippen molar-refractivity contribution in [3.63, 3.8) is 0 Å². The summed E-state index contributed by atoms with van der Waals surface area (Å²) in [5.74, 6) is 0. The van der Waals surface area contributed by atoms with Crippen molar-refractivity contribution >= 4 is 11.3 Å². The second-order valence-electron chi connectivity index (χ2n) is 6.17. The first-order valence-corrected chi connectivity index (χ1v) is 8.05. The highest BCUT2D eigenvalue weighted by atomic mass is 32.1. The summed E-state index contributed by atoms with van der Waals surface area (Å²) < 4.78 is 5.41. The van der Waals surface area contributed by atoms with Gasteiger partial charge in [0.15, 0.2) is 0 Å². The maximum absolute atomic E-state index is 5.41. The molecule has 21 heavy (non-hydrogen) atoms. The number of nitrogens with one attached hydrogen (secondary N) is 1. The summed E-state index contributed by atoms with van der Waals surface area (Å²) in [7, 11) is 1.72. The molecule has 1 aromatic heterocycles. The highest BCUT2D eigenvalue weighted by Gasteiger charge is 2.18. The Balaban J connectivity index is 2.34. The molecule has 0 amide bonds. The molecule has 1 unspecified atom stereocenters. The zero-order valence-corrected chi connectivity index (χ0v) is 14.3. The van der Waals surface area contributed by atoms with Crippen molar-refractivity contribution in [2.75, 3.05) is 7.11 Å². The lowest BCUT2D eigenvalue weighted by Gasteiger charge is -2.20. The van der Waals surface area contributed by atoms with E-state index in [0.717, 1.165) is 22.8 Å². The lowest BCUT2D eigenvalue weighted by atomic mass is 10.1. The van der Waals surface area contributed by atoms with Crippen molar-refractivity contribution in [3.05, 3.63) is 40.2 Å². The molecule has 0 aliphatic rings. The topological polar surface area (TPSA) is 34.1 Å². The van der Waals surface area contributed by atoms with Gasteiger partial charge in [0, 0.05) is 29.6 Å². The van der Waals surface area contributed by atoms with Gasteiger partial charge in [-0.1, -0.05) is 30.3 Å². The van der Waals surface area contributed by atoms with E-state index < -0.39 is 0 Å². The Morgan fingerprint density at radius 1 is 1.24 bits per heavy atom. The number of rotatable bonds is 5. The van der Waals surface area contributed by atoms with Gasteiger partial charge in [-0.25, -0.2) is 4.98 Å². The molecule has 1 aromatic carbocycles. The number of aromatic nitrogens is 1. The molecule has 1 N–H and O–H groups in total. The largest absolute Gasteiger partial charge is 0.375 e. The van der Waals surface area contributed by atoms with Crippen LogP contribution in [0.4, 0.5) is 0 Å². The molecule has 2 rings (SSSR count). The summed E-state index contributed by atoms with van der Waals surface area (Å²) in [5, 5.41) is 4.58. The van der Waals surface area contributed by atoms with Crippen molar-refractivity contribution in [3.8, 4) is 11.3 Å². The first kappa shape index (κ1) is 16.1. The molecule has 1 atom stereocenters. The van der Waals surface area contributed by atoms with Gasteiger partial charge in [-0.15, -0.1) is 11.3 Å². The van der Waals surface area contributed by atoms with Crippen LogP contribution in [0.5, 0.6) is 0 Å². The number of benzene rings is 1. The molecule has 0 saturated carbocycles. The second-order valence-corrected chi connectivity index (χ2v) is 7.29. The highest BCUT2D eigenvalue weighted by molar-refractivity contribution is 7.12.